The van der Waals surface area contributed by atoms with Crippen LogP contribution in [-0.4, -0.2) is 23.2 Å². The Kier molecular flexibility index (Phi) is 4.40. The Bertz CT molecular complexity index is 445. The molecule has 1 amide bonds. The fourth-order valence-electron chi connectivity index (χ4n) is 1.24. The van der Waals surface area contributed by atoms with E-state index in [-0.39, 0.29) is 18.0 Å². The Morgan fingerprint density at radius 2 is 2.06 bits per heavy atom. The van der Waals surface area contributed by atoms with Crippen molar-refractivity contribution in [1.29, 1.82) is 0 Å². The van der Waals surface area contributed by atoms with E-state index in [9.17, 15) is 18.7 Å². The molecule has 0 fully saturated rings. The van der Waals surface area contributed by atoms with Crippen LogP contribution >= 0.6 is 0 Å². The molecule has 0 bridgehead atoms. The summed E-state index contributed by atoms with van der Waals surface area (Å²) >= 11 is 0. The van der Waals surface area contributed by atoms with E-state index in [0.717, 1.165) is 6.07 Å². The van der Waals surface area contributed by atoms with Gasteiger partial charge in [-0.3, -0.25) is 4.79 Å². The number of hydrogen-bond donors (Lipinski definition) is 2. The molecule has 1 unspecified atom stereocenters. The van der Waals surface area contributed by atoms with Crippen LogP contribution in [0.25, 0.3) is 0 Å². The molecule has 0 aliphatic heterocycles. The lowest BCUT2D eigenvalue weighted by Crippen LogP contribution is -2.44. The molecule has 0 aliphatic carbocycles. The van der Waals surface area contributed by atoms with Crippen LogP contribution < -0.4 is 5.32 Å². The van der Waals surface area contributed by atoms with E-state index in [1.165, 1.54) is 12.1 Å². The number of halogens is 2. The third-order valence-corrected chi connectivity index (χ3v) is 3.05. The first kappa shape index (κ1) is 14.6. The zero-order valence-electron chi connectivity index (χ0n) is 10.6. The van der Waals surface area contributed by atoms with Crippen molar-refractivity contribution in [2.24, 2.45) is 5.92 Å². The number of hydrogen-bond acceptors (Lipinski definition) is 2. The van der Waals surface area contributed by atoms with Gasteiger partial charge in [-0.1, -0.05) is 19.9 Å². The van der Waals surface area contributed by atoms with Gasteiger partial charge in [0.1, 0.15) is 0 Å². The highest BCUT2D eigenvalue weighted by molar-refractivity contribution is 5.94. The van der Waals surface area contributed by atoms with Gasteiger partial charge in [0.15, 0.2) is 11.6 Å². The van der Waals surface area contributed by atoms with Crippen LogP contribution in [0.3, 0.4) is 0 Å². The van der Waals surface area contributed by atoms with E-state index < -0.39 is 23.1 Å². The first-order valence-corrected chi connectivity index (χ1v) is 5.70. The zero-order chi connectivity index (χ0) is 13.9. The van der Waals surface area contributed by atoms with Gasteiger partial charge in [-0.25, -0.2) is 8.78 Å². The maximum Gasteiger partial charge on any atom is 0.254 e. The van der Waals surface area contributed by atoms with Gasteiger partial charge in [0.2, 0.25) is 0 Å². The number of nitrogens with one attached hydrogen (secondary N) is 1. The highest BCUT2D eigenvalue weighted by atomic mass is 19.2. The maximum absolute atomic E-state index is 13.3. The van der Waals surface area contributed by atoms with Crippen molar-refractivity contribution in [2.45, 2.75) is 26.4 Å². The summed E-state index contributed by atoms with van der Waals surface area (Å²) in [6, 6.07) is 3.39. The van der Waals surface area contributed by atoms with Crippen LogP contribution in [0.1, 0.15) is 31.1 Å². The summed E-state index contributed by atoms with van der Waals surface area (Å²) in [4.78, 5) is 11.7. The minimum Gasteiger partial charge on any atom is -0.388 e. The first-order chi connectivity index (χ1) is 8.25. The fourth-order valence-corrected chi connectivity index (χ4v) is 1.24. The summed E-state index contributed by atoms with van der Waals surface area (Å²) in [6.45, 7) is 5.14. The molecule has 0 heterocycles. The molecule has 0 spiro atoms. The number of rotatable bonds is 4. The molecule has 1 atom stereocenters. The normalized spacial score (nSPS) is 14.4. The number of benzene rings is 1. The molecular formula is C13H17F2NO2. The average molecular weight is 257 g/mol. The lowest BCUT2D eigenvalue weighted by molar-refractivity contribution is 0.0142. The molecule has 0 saturated carbocycles. The average Bonchev–Trinajstić information content (AvgIpc) is 2.29. The number of aliphatic hydroxyl groups is 1. The van der Waals surface area contributed by atoms with Gasteiger partial charge in [-0.2, -0.15) is 0 Å². The van der Waals surface area contributed by atoms with Gasteiger partial charge >= 0.3 is 0 Å². The van der Waals surface area contributed by atoms with E-state index in [0.29, 0.717) is 0 Å². The molecule has 3 nitrogen and oxygen atoms in total. The minimum absolute atomic E-state index is 0.0283. The van der Waals surface area contributed by atoms with Gasteiger partial charge in [-0.05, 0) is 25.0 Å². The second kappa shape index (κ2) is 5.44. The number of amides is 1. The van der Waals surface area contributed by atoms with E-state index in [1.807, 2.05) is 0 Å². The largest absolute Gasteiger partial charge is 0.388 e. The Hall–Kier alpha value is -1.49. The van der Waals surface area contributed by atoms with Gasteiger partial charge in [0.05, 0.1) is 11.2 Å². The van der Waals surface area contributed by atoms with Gasteiger partial charge < -0.3 is 10.4 Å². The van der Waals surface area contributed by atoms with Crippen molar-refractivity contribution in [3.63, 3.8) is 0 Å². The molecule has 1 aromatic carbocycles. The molecule has 0 aliphatic rings. The molecule has 0 saturated heterocycles. The number of carbonyl (C=O) groups is 1. The quantitative estimate of drug-likeness (QED) is 0.867. The summed E-state index contributed by atoms with van der Waals surface area (Å²) in [7, 11) is 0. The van der Waals surface area contributed by atoms with Crippen molar-refractivity contribution in [1.82, 2.24) is 5.32 Å². The zero-order valence-corrected chi connectivity index (χ0v) is 10.6. The summed E-state index contributed by atoms with van der Waals surface area (Å²) in [5.74, 6) is -3.07. The maximum atomic E-state index is 13.3. The van der Waals surface area contributed by atoms with Crippen LogP contribution in [0.4, 0.5) is 8.78 Å². The molecule has 2 N–H and O–H groups in total. The Morgan fingerprint density at radius 1 is 1.44 bits per heavy atom. The highest BCUT2D eigenvalue weighted by Gasteiger charge is 2.26. The van der Waals surface area contributed by atoms with Crippen LogP contribution in [0.2, 0.25) is 0 Å². The predicted molar refractivity (Wildman–Crippen MR) is 64.2 cm³/mol. The highest BCUT2D eigenvalue weighted by Crippen LogP contribution is 2.15. The molecule has 1 aromatic rings. The van der Waals surface area contributed by atoms with Gasteiger partial charge in [-0.15, -0.1) is 0 Å². The second-order valence-electron chi connectivity index (χ2n) is 4.80. The predicted octanol–water partition coefficient (Wildman–Crippen LogP) is 2.10. The summed E-state index contributed by atoms with van der Waals surface area (Å²) in [6.07, 6.45) is 0. The summed E-state index contributed by atoms with van der Waals surface area (Å²) in [5.41, 5.74) is -1.46. The first-order valence-electron chi connectivity index (χ1n) is 5.70. The molecule has 5 heteroatoms. The van der Waals surface area contributed by atoms with E-state index in [2.05, 4.69) is 5.32 Å². The topological polar surface area (TPSA) is 49.3 Å². The monoisotopic (exact) mass is 257 g/mol. The Labute approximate surface area is 105 Å². The van der Waals surface area contributed by atoms with Crippen LogP contribution in [-0.2, 0) is 0 Å². The van der Waals surface area contributed by atoms with Crippen molar-refractivity contribution in [3.05, 3.63) is 35.4 Å². The third kappa shape index (κ3) is 3.26. The minimum atomic E-state index is -1.18. The van der Waals surface area contributed by atoms with E-state index >= 15 is 0 Å². The van der Waals surface area contributed by atoms with Crippen molar-refractivity contribution >= 4 is 5.91 Å². The Balaban J connectivity index is 2.75. The van der Waals surface area contributed by atoms with Crippen molar-refractivity contribution < 1.29 is 18.7 Å². The van der Waals surface area contributed by atoms with Crippen LogP contribution in [0.15, 0.2) is 18.2 Å². The molecule has 18 heavy (non-hydrogen) atoms. The summed E-state index contributed by atoms with van der Waals surface area (Å²) in [5, 5.41) is 12.3. The Morgan fingerprint density at radius 3 is 2.61 bits per heavy atom. The van der Waals surface area contributed by atoms with Crippen LogP contribution in [0.5, 0.6) is 0 Å². The van der Waals surface area contributed by atoms with Crippen molar-refractivity contribution in [2.75, 3.05) is 6.54 Å². The fraction of sp³-hybridized carbons (Fsp3) is 0.462. The van der Waals surface area contributed by atoms with E-state index in [4.69, 9.17) is 0 Å². The smallest absolute Gasteiger partial charge is 0.254 e. The molecule has 1 rings (SSSR count). The second-order valence-corrected chi connectivity index (χ2v) is 4.80. The van der Waals surface area contributed by atoms with Gasteiger partial charge in [0, 0.05) is 6.54 Å². The summed E-state index contributed by atoms with van der Waals surface area (Å²) < 4.78 is 26.3. The lowest BCUT2D eigenvalue weighted by atomic mass is 9.92. The lowest BCUT2D eigenvalue weighted by Gasteiger charge is -2.27. The number of carbonyl (C=O) groups excluding carboxylic acids is 1. The molecular weight excluding hydrogens is 240 g/mol. The standard InChI is InChI=1S/C13H17F2NO2/c1-8(2)13(3,18)7-16-12(17)9-5-4-6-10(14)11(9)15/h4-6,8,18H,7H2,1-3H3,(H,16,17). The van der Waals surface area contributed by atoms with Gasteiger partial charge in [0.25, 0.3) is 5.91 Å². The molecule has 0 aromatic heterocycles. The van der Waals surface area contributed by atoms with Crippen LogP contribution in [0, 0.1) is 17.6 Å². The third-order valence-electron chi connectivity index (χ3n) is 3.05. The van der Waals surface area contributed by atoms with E-state index in [1.54, 1.807) is 20.8 Å². The molecule has 0 radical (unpaired) electrons. The van der Waals surface area contributed by atoms with Crippen molar-refractivity contribution in [3.8, 4) is 0 Å². The SMILES string of the molecule is CC(C)C(C)(O)CNC(=O)c1cccc(F)c1F. The molecule has 100 valence electrons.